The summed E-state index contributed by atoms with van der Waals surface area (Å²) in [7, 11) is 3.91. The van der Waals surface area contributed by atoms with Crippen LogP contribution in [0.25, 0.3) is 27.9 Å². The van der Waals surface area contributed by atoms with Gasteiger partial charge in [0.1, 0.15) is 0 Å². The first-order chi connectivity index (χ1) is 17.2. The topological polar surface area (TPSA) is 65.8 Å². The third-order valence-corrected chi connectivity index (χ3v) is 7.53. The van der Waals surface area contributed by atoms with E-state index in [9.17, 15) is 14.7 Å². The summed E-state index contributed by atoms with van der Waals surface area (Å²) >= 11 is 13.3. The number of β-amino-alcohol motifs (C(OH)–C–C–N with tert-alkyl or cyclic N) is 1. The standard InChI is InChI=1S/C27H23Cl2N3O3S/c1-30(2)19-7-3-16(4-8-19)11-25-26(34)32(27(35)36-25)15-20(33)14-31-23-9-5-17(28)12-21(23)22-13-18(29)6-10-24(22)31/h3-13,20,33H,14-15H2,1-2H3/b25-11-/t20-/m1/s1. The number of rotatable bonds is 6. The van der Waals surface area contributed by atoms with Gasteiger partial charge >= 0.3 is 0 Å². The number of aliphatic hydroxyl groups is 1. The molecule has 0 bridgehead atoms. The lowest BCUT2D eigenvalue weighted by molar-refractivity contribution is -0.123. The Morgan fingerprint density at radius 3 is 2.06 bits per heavy atom. The van der Waals surface area contributed by atoms with Gasteiger partial charge in [0, 0.05) is 51.6 Å². The monoisotopic (exact) mass is 539 g/mol. The van der Waals surface area contributed by atoms with Crippen molar-refractivity contribution in [3.63, 3.8) is 0 Å². The van der Waals surface area contributed by atoms with Crippen LogP contribution in [0.15, 0.2) is 65.6 Å². The van der Waals surface area contributed by atoms with Crippen molar-refractivity contribution in [3.8, 4) is 0 Å². The number of halogens is 2. The highest BCUT2D eigenvalue weighted by Gasteiger charge is 2.36. The average molecular weight is 540 g/mol. The molecule has 1 N–H and O–H groups in total. The number of amides is 2. The van der Waals surface area contributed by atoms with Gasteiger partial charge in [0.2, 0.25) is 0 Å². The molecule has 0 unspecified atom stereocenters. The van der Waals surface area contributed by atoms with Gasteiger partial charge in [-0.1, -0.05) is 35.3 Å². The van der Waals surface area contributed by atoms with Gasteiger partial charge in [0.25, 0.3) is 11.1 Å². The molecule has 184 valence electrons. The molecule has 3 aromatic carbocycles. The molecule has 1 aliphatic rings. The third kappa shape index (κ3) is 4.72. The smallest absolute Gasteiger partial charge is 0.293 e. The van der Waals surface area contributed by atoms with Gasteiger partial charge in [-0.25, -0.2) is 0 Å². The van der Waals surface area contributed by atoms with E-state index >= 15 is 0 Å². The number of hydrogen-bond acceptors (Lipinski definition) is 5. The van der Waals surface area contributed by atoms with E-state index in [1.807, 2.05) is 72.1 Å². The summed E-state index contributed by atoms with van der Waals surface area (Å²) in [6.45, 7) is 0.0833. The Bertz CT molecular complexity index is 1470. The number of aromatic nitrogens is 1. The Hall–Kier alpha value is -2.97. The minimum atomic E-state index is -0.970. The number of hydrogen-bond donors (Lipinski definition) is 1. The molecule has 6 nitrogen and oxygen atoms in total. The number of thioether (sulfide) groups is 1. The minimum Gasteiger partial charge on any atom is -0.389 e. The molecule has 2 amide bonds. The summed E-state index contributed by atoms with van der Waals surface area (Å²) in [5.74, 6) is -0.401. The fraction of sp³-hybridized carbons (Fsp3) is 0.185. The van der Waals surface area contributed by atoms with Crippen molar-refractivity contribution >= 4 is 79.7 Å². The molecule has 1 atom stereocenters. The van der Waals surface area contributed by atoms with Crippen molar-refractivity contribution in [2.45, 2.75) is 12.6 Å². The van der Waals surface area contributed by atoms with Gasteiger partial charge in [-0.3, -0.25) is 14.5 Å². The van der Waals surface area contributed by atoms with Gasteiger partial charge in [-0.05, 0) is 71.9 Å². The zero-order valence-electron chi connectivity index (χ0n) is 19.6. The molecule has 36 heavy (non-hydrogen) atoms. The molecule has 0 spiro atoms. The van der Waals surface area contributed by atoms with Crippen LogP contribution in [0, 0.1) is 0 Å². The van der Waals surface area contributed by atoms with Crippen LogP contribution in [0.4, 0.5) is 10.5 Å². The highest BCUT2D eigenvalue weighted by Crippen LogP contribution is 2.35. The van der Waals surface area contributed by atoms with Crippen molar-refractivity contribution in [1.82, 2.24) is 9.47 Å². The summed E-state index contributed by atoms with van der Waals surface area (Å²) in [5, 5.41) is 13.6. The van der Waals surface area contributed by atoms with Crippen molar-refractivity contribution < 1.29 is 14.7 Å². The summed E-state index contributed by atoms with van der Waals surface area (Å²) in [5.41, 5.74) is 3.63. The van der Waals surface area contributed by atoms with Gasteiger partial charge in [-0.2, -0.15) is 0 Å². The molecule has 0 saturated carbocycles. The van der Waals surface area contributed by atoms with Crippen LogP contribution in [0.1, 0.15) is 5.56 Å². The number of carbonyl (C=O) groups is 2. The van der Waals surface area contributed by atoms with Crippen molar-refractivity contribution in [3.05, 3.63) is 81.2 Å². The highest BCUT2D eigenvalue weighted by atomic mass is 35.5. The van der Waals surface area contributed by atoms with E-state index in [2.05, 4.69) is 0 Å². The Kier molecular flexibility index (Phi) is 6.74. The Morgan fingerprint density at radius 1 is 0.917 bits per heavy atom. The molecule has 4 aromatic rings. The minimum absolute atomic E-state index is 0.107. The summed E-state index contributed by atoms with van der Waals surface area (Å²) in [4.78, 5) is 29.1. The van der Waals surface area contributed by atoms with E-state index in [1.54, 1.807) is 18.2 Å². The predicted molar refractivity (Wildman–Crippen MR) is 149 cm³/mol. The zero-order valence-corrected chi connectivity index (χ0v) is 21.9. The van der Waals surface area contributed by atoms with Crippen LogP contribution >= 0.6 is 35.0 Å². The average Bonchev–Trinajstić information content (AvgIpc) is 3.27. The number of nitrogens with zero attached hydrogens (tertiary/aromatic N) is 3. The first-order valence-corrected chi connectivity index (χ1v) is 12.9. The second kappa shape index (κ2) is 9.82. The van der Waals surface area contributed by atoms with Crippen LogP contribution < -0.4 is 4.90 Å². The fourth-order valence-corrected chi connectivity index (χ4v) is 5.59. The van der Waals surface area contributed by atoms with E-state index in [1.165, 1.54) is 0 Å². The van der Waals surface area contributed by atoms with E-state index < -0.39 is 17.3 Å². The van der Waals surface area contributed by atoms with Gasteiger partial charge in [0.15, 0.2) is 0 Å². The Morgan fingerprint density at radius 2 is 1.50 bits per heavy atom. The maximum atomic E-state index is 13.0. The van der Waals surface area contributed by atoms with Crippen molar-refractivity contribution in [2.24, 2.45) is 0 Å². The maximum absolute atomic E-state index is 13.0. The first-order valence-electron chi connectivity index (χ1n) is 11.3. The summed E-state index contributed by atoms with van der Waals surface area (Å²) in [6.07, 6.45) is 0.736. The lowest BCUT2D eigenvalue weighted by Crippen LogP contribution is -2.37. The van der Waals surface area contributed by atoms with Gasteiger partial charge in [0.05, 0.1) is 24.1 Å². The number of imide groups is 1. The number of benzene rings is 3. The van der Waals surface area contributed by atoms with E-state index in [-0.39, 0.29) is 13.1 Å². The second-order valence-electron chi connectivity index (χ2n) is 8.87. The predicted octanol–water partition coefficient (Wildman–Crippen LogP) is 6.26. The van der Waals surface area contributed by atoms with Crippen molar-refractivity contribution in [1.29, 1.82) is 0 Å². The van der Waals surface area contributed by atoms with Gasteiger partial charge < -0.3 is 14.6 Å². The Balaban J connectivity index is 1.37. The number of carbonyl (C=O) groups excluding carboxylic acids is 2. The largest absolute Gasteiger partial charge is 0.389 e. The summed E-state index contributed by atoms with van der Waals surface area (Å²) < 4.78 is 1.96. The van der Waals surface area contributed by atoms with Crippen LogP contribution in [-0.2, 0) is 11.3 Å². The van der Waals surface area contributed by atoms with Crippen LogP contribution in [0.2, 0.25) is 10.0 Å². The van der Waals surface area contributed by atoms with Crippen LogP contribution in [0.5, 0.6) is 0 Å². The molecule has 5 rings (SSSR count). The van der Waals surface area contributed by atoms with E-state index in [4.69, 9.17) is 23.2 Å². The molecule has 0 aliphatic carbocycles. The fourth-order valence-electron chi connectivity index (χ4n) is 4.40. The molecular formula is C27H23Cl2N3O3S. The number of anilines is 1. The lowest BCUT2D eigenvalue weighted by Gasteiger charge is -2.19. The quantitative estimate of drug-likeness (QED) is 0.292. The summed E-state index contributed by atoms with van der Waals surface area (Å²) in [6, 6.07) is 18.8. The molecule has 9 heteroatoms. The molecule has 1 saturated heterocycles. The SMILES string of the molecule is CN(C)c1ccc(/C=C2\SC(=O)N(C[C@H](O)Cn3c4ccc(Cl)cc4c4cc(Cl)ccc43)C2=O)cc1. The number of aliphatic hydroxyl groups excluding tert-OH is 1. The molecule has 2 heterocycles. The third-order valence-electron chi connectivity index (χ3n) is 6.16. The van der Waals surface area contributed by atoms with Crippen molar-refractivity contribution in [2.75, 3.05) is 25.5 Å². The molecular weight excluding hydrogens is 517 g/mol. The normalized spacial score (nSPS) is 16.0. The van der Waals surface area contributed by atoms with Crippen LogP contribution in [0.3, 0.4) is 0 Å². The van der Waals surface area contributed by atoms with Crippen LogP contribution in [-0.4, -0.2) is 52.5 Å². The molecule has 1 aromatic heterocycles. The molecule has 1 aliphatic heterocycles. The highest BCUT2D eigenvalue weighted by molar-refractivity contribution is 8.18. The Labute approximate surface area is 222 Å². The molecule has 0 radical (unpaired) electrons. The second-order valence-corrected chi connectivity index (χ2v) is 10.7. The lowest BCUT2D eigenvalue weighted by atomic mass is 10.1. The zero-order chi connectivity index (χ0) is 25.6. The first kappa shape index (κ1) is 24.7. The number of fused-ring (bicyclic) bond motifs is 3. The van der Waals surface area contributed by atoms with E-state index in [0.29, 0.717) is 15.0 Å². The maximum Gasteiger partial charge on any atom is 0.293 e. The van der Waals surface area contributed by atoms with E-state index in [0.717, 1.165) is 49.7 Å². The molecule has 1 fully saturated rings. The van der Waals surface area contributed by atoms with Gasteiger partial charge in [-0.15, -0.1) is 0 Å².